The summed E-state index contributed by atoms with van der Waals surface area (Å²) in [7, 11) is 0. The Balaban J connectivity index is 1.97. The number of allylic oxidation sites excluding steroid dienone is 1. The average Bonchev–Trinajstić information content (AvgIpc) is 2.69. The highest BCUT2D eigenvalue weighted by atomic mass is 35.5. The lowest BCUT2D eigenvalue weighted by Crippen LogP contribution is -2.45. The monoisotopic (exact) mass is 478 g/mol. The quantitative estimate of drug-likeness (QED) is 0.389. The van der Waals surface area contributed by atoms with Gasteiger partial charge in [-0.3, -0.25) is 0 Å². The van der Waals surface area contributed by atoms with Crippen LogP contribution in [0.5, 0.6) is 0 Å². The molecule has 8 heteroatoms. The summed E-state index contributed by atoms with van der Waals surface area (Å²) in [6.07, 6.45) is 0. The summed E-state index contributed by atoms with van der Waals surface area (Å²) in [5, 5.41) is 6.82. The minimum Gasteiger partial charge on any atom is -0.463 e. The van der Waals surface area contributed by atoms with Crippen LogP contribution in [0.2, 0.25) is 10.0 Å². The van der Waals surface area contributed by atoms with Crippen molar-refractivity contribution in [3.05, 3.63) is 73.9 Å². The Hall–Kier alpha value is -2.15. The molecule has 3 rings (SSSR count). The van der Waals surface area contributed by atoms with Gasteiger partial charge >= 0.3 is 12.0 Å². The second kappa shape index (κ2) is 9.98. The van der Waals surface area contributed by atoms with Gasteiger partial charge in [0.05, 0.1) is 23.2 Å². The smallest absolute Gasteiger partial charge is 0.338 e. The molecule has 0 radical (unpaired) electrons. The molecule has 2 amide bonds. The largest absolute Gasteiger partial charge is 0.463 e. The molecular weight excluding hydrogens is 455 g/mol. The minimum absolute atomic E-state index is 0.255. The highest BCUT2D eigenvalue weighted by Gasteiger charge is 2.33. The van der Waals surface area contributed by atoms with Gasteiger partial charge in [0.2, 0.25) is 0 Å². The van der Waals surface area contributed by atoms with Crippen LogP contribution in [-0.4, -0.2) is 18.6 Å². The van der Waals surface area contributed by atoms with E-state index < -0.39 is 12.0 Å². The van der Waals surface area contributed by atoms with Crippen molar-refractivity contribution in [2.24, 2.45) is 0 Å². The van der Waals surface area contributed by atoms with Gasteiger partial charge in [-0.25, -0.2) is 9.59 Å². The predicted octanol–water partition coefficient (Wildman–Crippen LogP) is 6.09. The Morgan fingerprint density at radius 2 is 1.87 bits per heavy atom. The minimum atomic E-state index is -0.591. The number of rotatable bonds is 6. The maximum absolute atomic E-state index is 12.6. The van der Waals surface area contributed by atoms with Gasteiger partial charge in [-0.15, -0.1) is 11.8 Å². The van der Waals surface area contributed by atoms with Gasteiger partial charge in [-0.1, -0.05) is 35.3 Å². The van der Waals surface area contributed by atoms with E-state index in [1.54, 1.807) is 37.7 Å². The van der Waals surface area contributed by atoms with E-state index in [-0.39, 0.29) is 12.6 Å². The van der Waals surface area contributed by atoms with Crippen LogP contribution in [0.4, 0.5) is 4.79 Å². The van der Waals surface area contributed by atoms with E-state index in [9.17, 15) is 9.59 Å². The van der Waals surface area contributed by atoms with E-state index in [0.29, 0.717) is 27.1 Å². The van der Waals surface area contributed by atoms with Gasteiger partial charge in [-0.2, -0.15) is 0 Å². The van der Waals surface area contributed by atoms with E-state index in [0.717, 1.165) is 27.1 Å². The highest BCUT2D eigenvalue weighted by molar-refractivity contribution is 7.98. The predicted molar refractivity (Wildman–Crippen MR) is 126 cm³/mol. The van der Waals surface area contributed by atoms with Crippen molar-refractivity contribution in [2.75, 3.05) is 6.61 Å². The molecule has 0 bridgehead atoms. The highest BCUT2D eigenvalue weighted by Crippen LogP contribution is 2.35. The summed E-state index contributed by atoms with van der Waals surface area (Å²) in [4.78, 5) is 25.7. The van der Waals surface area contributed by atoms with E-state index in [1.807, 2.05) is 26.0 Å². The van der Waals surface area contributed by atoms with Gasteiger partial charge in [-0.05, 0) is 68.1 Å². The molecule has 5 nitrogen and oxygen atoms in total. The molecule has 1 heterocycles. The molecule has 0 aliphatic carbocycles. The molecule has 164 valence electrons. The molecule has 2 aromatic carbocycles. The molecule has 0 aromatic heterocycles. The number of hydrogen-bond acceptors (Lipinski definition) is 4. The Morgan fingerprint density at radius 3 is 2.58 bits per heavy atom. The van der Waals surface area contributed by atoms with Gasteiger partial charge in [0.15, 0.2) is 0 Å². The third-order valence-corrected chi connectivity index (χ3v) is 6.86. The maximum atomic E-state index is 12.6. The number of esters is 1. The third kappa shape index (κ3) is 5.37. The lowest BCUT2D eigenvalue weighted by atomic mass is 9.90. The normalized spacial score (nSPS) is 16.1. The van der Waals surface area contributed by atoms with Gasteiger partial charge in [0.25, 0.3) is 0 Å². The van der Waals surface area contributed by atoms with Gasteiger partial charge in [0.1, 0.15) is 0 Å². The fourth-order valence-electron chi connectivity index (χ4n) is 3.53. The lowest BCUT2D eigenvalue weighted by Gasteiger charge is -2.29. The zero-order valence-corrected chi connectivity index (χ0v) is 20.1. The number of thioether (sulfide) groups is 1. The van der Waals surface area contributed by atoms with Crippen LogP contribution >= 0.6 is 35.0 Å². The van der Waals surface area contributed by atoms with Crippen LogP contribution in [0, 0.1) is 13.8 Å². The van der Waals surface area contributed by atoms with Crippen LogP contribution in [0.15, 0.2) is 46.5 Å². The number of benzene rings is 2. The van der Waals surface area contributed by atoms with E-state index in [4.69, 9.17) is 27.9 Å². The number of amides is 2. The molecule has 0 saturated heterocycles. The second-order valence-electron chi connectivity index (χ2n) is 7.29. The molecule has 1 atom stereocenters. The van der Waals surface area contributed by atoms with E-state index in [1.165, 1.54) is 0 Å². The number of carbonyl (C=O) groups excluding carboxylic acids is 2. The molecular formula is C23H24Cl2N2O3S. The first-order valence-electron chi connectivity index (χ1n) is 9.84. The van der Waals surface area contributed by atoms with Crippen molar-refractivity contribution in [1.82, 2.24) is 10.6 Å². The maximum Gasteiger partial charge on any atom is 0.338 e. The standard InChI is InChI=1S/C23H24Cl2N2O3S/c1-5-30-22(28)20-14(4)26-23(29)27-21(20)17-9-15(12(2)8-13(17)3)11-31-19-10-16(24)6-7-18(19)25/h6-10,21H,5,11H2,1-4H3,(H2,26,27,29). The molecule has 1 aliphatic rings. The van der Waals surface area contributed by atoms with Crippen LogP contribution in [-0.2, 0) is 15.3 Å². The SMILES string of the molecule is CCOC(=O)C1=C(C)NC(=O)NC1c1cc(CSc2cc(Cl)ccc2Cl)c(C)cc1C. The summed E-state index contributed by atoms with van der Waals surface area (Å²) in [6.45, 7) is 7.73. The Bertz CT molecular complexity index is 1070. The molecule has 1 unspecified atom stereocenters. The summed E-state index contributed by atoms with van der Waals surface area (Å²) >= 11 is 14.0. The van der Waals surface area contributed by atoms with E-state index >= 15 is 0 Å². The fourth-order valence-corrected chi connectivity index (χ4v) is 5.09. The molecule has 31 heavy (non-hydrogen) atoms. The van der Waals surface area contributed by atoms with Crippen molar-refractivity contribution < 1.29 is 14.3 Å². The van der Waals surface area contributed by atoms with Crippen molar-refractivity contribution in [1.29, 1.82) is 0 Å². The third-order valence-electron chi connectivity index (χ3n) is 5.08. The first-order valence-corrected chi connectivity index (χ1v) is 11.6. The average molecular weight is 479 g/mol. The molecule has 0 spiro atoms. The number of carbonyl (C=O) groups is 2. The summed E-state index contributed by atoms with van der Waals surface area (Å²) in [5.41, 5.74) is 4.93. The Kier molecular flexibility index (Phi) is 7.57. The van der Waals surface area contributed by atoms with Gasteiger partial charge < -0.3 is 15.4 Å². The number of urea groups is 1. The number of nitrogens with one attached hydrogen (secondary N) is 2. The van der Waals surface area contributed by atoms with Crippen molar-refractivity contribution >= 4 is 47.0 Å². The molecule has 2 aromatic rings. The first-order chi connectivity index (χ1) is 14.7. The lowest BCUT2D eigenvalue weighted by molar-refractivity contribution is -0.139. The van der Waals surface area contributed by atoms with Crippen molar-refractivity contribution in [2.45, 2.75) is 44.4 Å². The summed E-state index contributed by atoms with van der Waals surface area (Å²) in [6, 6.07) is 8.55. The number of halogens is 2. The number of ether oxygens (including phenoxy) is 1. The van der Waals surface area contributed by atoms with Crippen LogP contribution in [0.25, 0.3) is 0 Å². The van der Waals surface area contributed by atoms with Crippen LogP contribution in [0.3, 0.4) is 0 Å². The number of hydrogen-bond donors (Lipinski definition) is 2. The fraction of sp³-hybridized carbons (Fsp3) is 0.304. The molecule has 0 fully saturated rings. The second-order valence-corrected chi connectivity index (χ2v) is 9.15. The summed E-state index contributed by atoms with van der Waals surface area (Å²) in [5.74, 6) is 0.217. The van der Waals surface area contributed by atoms with Crippen molar-refractivity contribution in [3.8, 4) is 0 Å². The van der Waals surface area contributed by atoms with Gasteiger partial charge in [0, 0.05) is 21.4 Å². The van der Waals surface area contributed by atoms with E-state index in [2.05, 4.69) is 16.7 Å². The molecule has 2 N–H and O–H groups in total. The zero-order valence-electron chi connectivity index (χ0n) is 17.8. The topological polar surface area (TPSA) is 67.4 Å². The number of aryl methyl sites for hydroxylation is 2. The Labute approximate surface area is 196 Å². The first kappa shape index (κ1) is 23.5. The van der Waals surface area contributed by atoms with Crippen LogP contribution in [0.1, 0.15) is 42.1 Å². The zero-order chi connectivity index (χ0) is 22.7. The van der Waals surface area contributed by atoms with Crippen molar-refractivity contribution in [3.63, 3.8) is 0 Å². The van der Waals surface area contributed by atoms with Crippen LogP contribution < -0.4 is 10.6 Å². The Morgan fingerprint density at radius 1 is 1.13 bits per heavy atom. The molecule has 0 saturated carbocycles. The molecule has 1 aliphatic heterocycles. The summed E-state index contributed by atoms with van der Waals surface area (Å²) < 4.78 is 5.24.